The van der Waals surface area contributed by atoms with Gasteiger partial charge in [-0.05, 0) is 27.2 Å². The Morgan fingerprint density at radius 3 is 2.53 bits per heavy atom. The minimum absolute atomic E-state index is 0.376. The minimum Gasteiger partial charge on any atom is -0.465 e. The lowest BCUT2D eigenvalue weighted by molar-refractivity contribution is -0.159. The summed E-state index contributed by atoms with van der Waals surface area (Å²) in [5, 5.41) is 8.80. The Hall–Kier alpha value is -1.52. The number of carbonyl (C=O) groups excluding carboxylic acids is 1. The van der Waals surface area contributed by atoms with Gasteiger partial charge in [0.05, 0.1) is 0 Å². The highest BCUT2D eigenvalue weighted by atomic mass is 16.6. The molecule has 0 saturated carbocycles. The van der Waals surface area contributed by atoms with Crippen molar-refractivity contribution in [3.05, 3.63) is 12.3 Å². The van der Waals surface area contributed by atoms with Crippen molar-refractivity contribution < 1.29 is 19.4 Å². The quantitative estimate of drug-likeness (QED) is 0.672. The predicted octanol–water partition coefficient (Wildman–Crippen LogP) is 1.59. The zero-order valence-corrected chi connectivity index (χ0v) is 9.06. The predicted molar refractivity (Wildman–Crippen MR) is 53.3 cm³/mol. The van der Waals surface area contributed by atoms with Crippen molar-refractivity contribution in [3.8, 4) is 0 Å². The molecule has 1 amide bonds. The van der Waals surface area contributed by atoms with Gasteiger partial charge >= 0.3 is 12.1 Å². The SMILES string of the molecule is CC(C)(C)OC(=O)C1CC=CN1C(=O)O. The maximum Gasteiger partial charge on any atom is 0.412 e. The standard InChI is InChI=1S/C10H15NO4/c1-10(2,3)15-8(12)7-5-4-6-11(7)9(13)14/h4,6-7H,5H2,1-3H3,(H,13,14). The normalized spacial score (nSPS) is 20.5. The highest BCUT2D eigenvalue weighted by molar-refractivity contribution is 5.82. The third kappa shape index (κ3) is 2.97. The fourth-order valence-electron chi connectivity index (χ4n) is 1.30. The summed E-state index contributed by atoms with van der Waals surface area (Å²) in [5.74, 6) is -0.505. The lowest BCUT2D eigenvalue weighted by Gasteiger charge is -2.25. The van der Waals surface area contributed by atoms with Crippen LogP contribution in [0.1, 0.15) is 27.2 Å². The molecule has 1 aliphatic rings. The van der Waals surface area contributed by atoms with E-state index in [1.54, 1.807) is 26.8 Å². The van der Waals surface area contributed by atoms with E-state index < -0.39 is 23.7 Å². The Kier molecular flexibility index (Phi) is 3.02. The maximum absolute atomic E-state index is 11.6. The van der Waals surface area contributed by atoms with Gasteiger partial charge in [0.15, 0.2) is 0 Å². The van der Waals surface area contributed by atoms with Crippen LogP contribution < -0.4 is 0 Å². The maximum atomic E-state index is 11.6. The Bertz CT molecular complexity index is 303. The lowest BCUT2D eigenvalue weighted by atomic mass is 10.1. The number of esters is 1. The molecule has 0 aromatic carbocycles. The number of carbonyl (C=O) groups is 2. The van der Waals surface area contributed by atoms with Crippen LogP contribution in [0.25, 0.3) is 0 Å². The van der Waals surface area contributed by atoms with Crippen molar-refractivity contribution in [2.45, 2.75) is 38.8 Å². The van der Waals surface area contributed by atoms with Crippen LogP contribution in [0.3, 0.4) is 0 Å². The molecule has 5 heteroatoms. The Morgan fingerprint density at radius 2 is 2.07 bits per heavy atom. The van der Waals surface area contributed by atoms with E-state index in [4.69, 9.17) is 9.84 Å². The van der Waals surface area contributed by atoms with E-state index in [1.807, 2.05) is 0 Å². The van der Waals surface area contributed by atoms with Crippen molar-refractivity contribution >= 4 is 12.1 Å². The second kappa shape index (κ2) is 3.92. The monoisotopic (exact) mass is 213 g/mol. The third-order valence-electron chi connectivity index (χ3n) is 1.86. The molecule has 0 aromatic heterocycles. The molecule has 0 aromatic rings. The van der Waals surface area contributed by atoms with Crippen molar-refractivity contribution in [2.75, 3.05) is 0 Å². The zero-order chi connectivity index (χ0) is 11.6. The van der Waals surface area contributed by atoms with E-state index in [-0.39, 0.29) is 0 Å². The first kappa shape index (κ1) is 11.6. The van der Waals surface area contributed by atoms with Gasteiger partial charge in [0, 0.05) is 6.20 Å². The van der Waals surface area contributed by atoms with Gasteiger partial charge in [-0.3, -0.25) is 4.90 Å². The summed E-state index contributed by atoms with van der Waals surface area (Å²) in [6.07, 6.45) is 2.26. The van der Waals surface area contributed by atoms with Crippen LogP contribution in [0.4, 0.5) is 4.79 Å². The number of carboxylic acid groups (broad SMARTS) is 1. The molecule has 1 aliphatic heterocycles. The molecule has 0 saturated heterocycles. The first-order chi connectivity index (χ1) is 6.81. The summed E-state index contributed by atoms with van der Waals surface area (Å²) < 4.78 is 5.12. The minimum atomic E-state index is -1.14. The third-order valence-corrected chi connectivity index (χ3v) is 1.86. The van der Waals surface area contributed by atoms with Gasteiger partial charge < -0.3 is 9.84 Å². The second-order valence-corrected chi connectivity index (χ2v) is 4.36. The van der Waals surface area contributed by atoms with Gasteiger partial charge in [-0.15, -0.1) is 0 Å². The molecule has 1 unspecified atom stereocenters. The van der Waals surface area contributed by atoms with Gasteiger partial charge in [0.2, 0.25) is 0 Å². The molecule has 1 heterocycles. The number of ether oxygens (including phenoxy) is 1. The summed E-state index contributed by atoms with van der Waals surface area (Å²) in [5.41, 5.74) is -0.593. The van der Waals surface area contributed by atoms with Crippen LogP contribution in [0.15, 0.2) is 12.3 Å². The van der Waals surface area contributed by atoms with Gasteiger partial charge in [0.1, 0.15) is 11.6 Å². The molecule has 15 heavy (non-hydrogen) atoms. The average Bonchev–Trinajstić information content (AvgIpc) is 2.47. The van der Waals surface area contributed by atoms with Crippen molar-refractivity contribution in [3.63, 3.8) is 0 Å². The molecular formula is C10H15NO4. The summed E-state index contributed by atoms with van der Waals surface area (Å²) in [6.45, 7) is 5.25. The van der Waals surface area contributed by atoms with Crippen LogP contribution in [0.2, 0.25) is 0 Å². The highest BCUT2D eigenvalue weighted by Crippen LogP contribution is 2.18. The van der Waals surface area contributed by atoms with Gasteiger partial charge in [-0.2, -0.15) is 0 Å². The molecule has 1 atom stereocenters. The summed E-state index contributed by atoms with van der Waals surface area (Å²) in [6, 6.07) is -0.735. The van der Waals surface area contributed by atoms with Crippen LogP contribution in [-0.2, 0) is 9.53 Å². The first-order valence-electron chi connectivity index (χ1n) is 4.72. The van der Waals surface area contributed by atoms with Gasteiger partial charge in [0.25, 0.3) is 0 Å². The number of hydrogen-bond donors (Lipinski definition) is 1. The Labute approximate surface area is 88.3 Å². The van der Waals surface area contributed by atoms with E-state index >= 15 is 0 Å². The average molecular weight is 213 g/mol. The van der Waals surface area contributed by atoms with E-state index in [1.165, 1.54) is 6.20 Å². The van der Waals surface area contributed by atoms with Crippen LogP contribution in [0.5, 0.6) is 0 Å². The molecule has 84 valence electrons. The van der Waals surface area contributed by atoms with Crippen molar-refractivity contribution in [1.29, 1.82) is 0 Å². The van der Waals surface area contributed by atoms with E-state index in [0.29, 0.717) is 6.42 Å². The van der Waals surface area contributed by atoms with Crippen molar-refractivity contribution in [1.82, 2.24) is 4.90 Å². The first-order valence-corrected chi connectivity index (χ1v) is 4.72. The molecule has 0 fully saturated rings. The number of nitrogens with zero attached hydrogens (tertiary/aromatic N) is 1. The van der Waals surface area contributed by atoms with Crippen LogP contribution in [-0.4, -0.2) is 33.7 Å². The summed E-state index contributed by atoms with van der Waals surface area (Å²) >= 11 is 0. The zero-order valence-electron chi connectivity index (χ0n) is 9.06. The second-order valence-electron chi connectivity index (χ2n) is 4.36. The lowest BCUT2D eigenvalue weighted by Crippen LogP contribution is -2.41. The fraction of sp³-hybridized carbons (Fsp3) is 0.600. The van der Waals surface area contributed by atoms with E-state index in [0.717, 1.165) is 4.90 Å². The molecule has 0 bridgehead atoms. The Balaban J connectivity index is 2.65. The fourth-order valence-corrected chi connectivity index (χ4v) is 1.30. The molecule has 0 spiro atoms. The van der Waals surface area contributed by atoms with E-state index in [9.17, 15) is 9.59 Å². The number of rotatable bonds is 1. The van der Waals surface area contributed by atoms with Crippen molar-refractivity contribution in [2.24, 2.45) is 0 Å². The van der Waals surface area contributed by atoms with Gasteiger partial charge in [-0.1, -0.05) is 6.08 Å². The highest BCUT2D eigenvalue weighted by Gasteiger charge is 2.34. The Morgan fingerprint density at radius 1 is 1.47 bits per heavy atom. The molecule has 1 N–H and O–H groups in total. The largest absolute Gasteiger partial charge is 0.465 e. The van der Waals surface area contributed by atoms with Crippen LogP contribution in [0, 0.1) is 0 Å². The smallest absolute Gasteiger partial charge is 0.412 e. The topological polar surface area (TPSA) is 66.8 Å². The number of amides is 1. The molecule has 0 aliphatic carbocycles. The molecular weight excluding hydrogens is 198 g/mol. The summed E-state index contributed by atoms with van der Waals surface area (Å²) in [4.78, 5) is 23.3. The van der Waals surface area contributed by atoms with Crippen LogP contribution >= 0.6 is 0 Å². The molecule has 1 rings (SSSR count). The molecule has 0 radical (unpaired) electrons. The summed E-state index contributed by atoms with van der Waals surface area (Å²) in [7, 11) is 0. The molecule has 5 nitrogen and oxygen atoms in total. The van der Waals surface area contributed by atoms with Gasteiger partial charge in [-0.25, -0.2) is 9.59 Å². The van der Waals surface area contributed by atoms with E-state index in [2.05, 4.69) is 0 Å². The number of hydrogen-bond acceptors (Lipinski definition) is 3.